The van der Waals surface area contributed by atoms with Gasteiger partial charge in [-0.25, -0.2) is 0 Å². The van der Waals surface area contributed by atoms with Gasteiger partial charge in [-0.3, -0.25) is 14.7 Å². The molecule has 2 unspecified atom stereocenters. The first-order chi connectivity index (χ1) is 14.7. The average Bonchev–Trinajstić information content (AvgIpc) is 3.14. The molecule has 8 heteroatoms. The highest BCUT2D eigenvalue weighted by molar-refractivity contribution is 14.0. The molecule has 1 amide bonds. The van der Waals surface area contributed by atoms with Crippen molar-refractivity contribution in [3.63, 3.8) is 0 Å². The molecule has 2 N–H and O–H groups in total. The lowest BCUT2D eigenvalue weighted by Gasteiger charge is -2.31. The van der Waals surface area contributed by atoms with Gasteiger partial charge >= 0.3 is 0 Å². The minimum Gasteiger partial charge on any atom is -0.379 e. The highest BCUT2D eigenvalue weighted by Gasteiger charge is 2.29. The quantitative estimate of drug-likeness (QED) is 0.283. The zero-order valence-electron chi connectivity index (χ0n) is 18.9. The monoisotopic (exact) mass is 543 g/mol. The SMILES string of the molecule is CCNC(=NCC(C)N1CCOCC1)NCC1CC(=O)N(CCc2ccccc2)C1.I. The molecule has 2 fully saturated rings. The van der Waals surface area contributed by atoms with Crippen LogP contribution in [0.4, 0.5) is 0 Å². The molecule has 1 aromatic carbocycles. The number of guanidine groups is 1. The Kier molecular flexibility index (Phi) is 11.6. The van der Waals surface area contributed by atoms with Crippen molar-refractivity contribution >= 4 is 35.8 Å². The van der Waals surface area contributed by atoms with E-state index in [4.69, 9.17) is 9.73 Å². The van der Waals surface area contributed by atoms with E-state index in [-0.39, 0.29) is 29.9 Å². The second-order valence-corrected chi connectivity index (χ2v) is 8.24. The number of morpholine rings is 1. The summed E-state index contributed by atoms with van der Waals surface area (Å²) in [5.41, 5.74) is 1.28. The molecule has 7 nitrogen and oxygen atoms in total. The van der Waals surface area contributed by atoms with Crippen LogP contribution in [-0.2, 0) is 16.0 Å². The number of benzene rings is 1. The van der Waals surface area contributed by atoms with Gasteiger partial charge in [0.1, 0.15) is 0 Å². The fourth-order valence-corrected chi connectivity index (χ4v) is 4.06. The van der Waals surface area contributed by atoms with Crippen LogP contribution >= 0.6 is 24.0 Å². The van der Waals surface area contributed by atoms with Crippen LogP contribution in [0.5, 0.6) is 0 Å². The van der Waals surface area contributed by atoms with Gasteiger partial charge < -0.3 is 20.3 Å². The van der Waals surface area contributed by atoms with Crippen molar-refractivity contribution in [2.45, 2.75) is 32.7 Å². The summed E-state index contributed by atoms with van der Waals surface area (Å²) in [4.78, 5) is 21.6. The Labute approximate surface area is 204 Å². The normalized spacial score (nSPS) is 21.0. The summed E-state index contributed by atoms with van der Waals surface area (Å²) in [6, 6.07) is 10.8. The molecular weight excluding hydrogens is 505 g/mol. The van der Waals surface area contributed by atoms with Crippen molar-refractivity contribution in [2.24, 2.45) is 10.9 Å². The summed E-state index contributed by atoms with van der Waals surface area (Å²) >= 11 is 0. The third-order valence-corrected chi connectivity index (χ3v) is 5.89. The van der Waals surface area contributed by atoms with Crippen LogP contribution in [0, 0.1) is 5.92 Å². The Morgan fingerprint density at radius 1 is 1.23 bits per heavy atom. The van der Waals surface area contributed by atoms with E-state index in [1.165, 1.54) is 5.56 Å². The van der Waals surface area contributed by atoms with E-state index >= 15 is 0 Å². The van der Waals surface area contributed by atoms with Crippen LogP contribution in [0.25, 0.3) is 0 Å². The van der Waals surface area contributed by atoms with Crippen LogP contribution in [0.3, 0.4) is 0 Å². The lowest BCUT2D eigenvalue weighted by molar-refractivity contribution is -0.127. The third-order valence-electron chi connectivity index (χ3n) is 5.89. The van der Waals surface area contributed by atoms with Gasteiger partial charge in [0.15, 0.2) is 5.96 Å². The molecule has 1 aromatic rings. The Bertz CT molecular complexity index is 682. The minimum absolute atomic E-state index is 0. The minimum atomic E-state index is 0. The lowest BCUT2D eigenvalue weighted by atomic mass is 10.1. The van der Waals surface area contributed by atoms with Crippen molar-refractivity contribution < 1.29 is 9.53 Å². The molecule has 0 spiro atoms. The second kappa shape index (κ2) is 13.9. The fourth-order valence-electron chi connectivity index (χ4n) is 4.06. The van der Waals surface area contributed by atoms with Gasteiger partial charge in [-0.15, -0.1) is 24.0 Å². The van der Waals surface area contributed by atoms with Gasteiger partial charge in [-0.05, 0) is 25.8 Å². The molecule has 0 aliphatic carbocycles. The summed E-state index contributed by atoms with van der Waals surface area (Å²) < 4.78 is 5.44. The molecule has 0 aromatic heterocycles. The molecule has 0 bridgehead atoms. The smallest absolute Gasteiger partial charge is 0.223 e. The molecule has 0 saturated carbocycles. The molecule has 0 radical (unpaired) electrons. The highest BCUT2D eigenvalue weighted by atomic mass is 127. The summed E-state index contributed by atoms with van der Waals surface area (Å²) in [5.74, 6) is 1.43. The molecular formula is C23H38IN5O2. The topological polar surface area (TPSA) is 69.2 Å². The van der Waals surface area contributed by atoms with Gasteiger partial charge in [-0.2, -0.15) is 0 Å². The van der Waals surface area contributed by atoms with Crippen molar-refractivity contribution in [1.29, 1.82) is 0 Å². The Morgan fingerprint density at radius 3 is 2.68 bits per heavy atom. The number of hydrogen-bond donors (Lipinski definition) is 2. The number of ether oxygens (including phenoxy) is 1. The second-order valence-electron chi connectivity index (χ2n) is 8.24. The number of nitrogens with one attached hydrogen (secondary N) is 2. The van der Waals surface area contributed by atoms with Crippen molar-refractivity contribution in [3.8, 4) is 0 Å². The first-order valence-corrected chi connectivity index (χ1v) is 11.3. The van der Waals surface area contributed by atoms with Crippen molar-refractivity contribution in [1.82, 2.24) is 20.4 Å². The average molecular weight is 543 g/mol. The van der Waals surface area contributed by atoms with Crippen LogP contribution in [0.2, 0.25) is 0 Å². The molecule has 2 aliphatic rings. The van der Waals surface area contributed by atoms with Gasteiger partial charge in [0.25, 0.3) is 0 Å². The standard InChI is InChI=1S/C23H37N5O2.HI/c1-3-24-23(25-16-19(2)27-11-13-30-14-12-27)26-17-21-15-22(29)28(18-21)10-9-20-7-5-4-6-8-20;/h4-8,19,21H,3,9-18H2,1-2H3,(H2,24,25,26);1H. The fraction of sp³-hybridized carbons (Fsp3) is 0.652. The van der Waals surface area contributed by atoms with Gasteiger partial charge in [-0.1, -0.05) is 30.3 Å². The lowest BCUT2D eigenvalue weighted by Crippen LogP contribution is -2.45. The van der Waals surface area contributed by atoms with E-state index in [1.54, 1.807) is 0 Å². The maximum atomic E-state index is 12.4. The molecule has 2 aliphatic heterocycles. The Hall–Kier alpha value is -1.39. The predicted molar refractivity (Wildman–Crippen MR) is 136 cm³/mol. The molecule has 3 rings (SSSR count). The molecule has 2 atom stereocenters. The van der Waals surface area contributed by atoms with E-state index < -0.39 is 0 Å². The number of carbonyl (C=O) groups excluding carboxylic acids is 1. The number of aliphatic imine (C=N–C) groups is 1. The van der Waals surface area contributed by atoms with E-state index in [2.05, 4.69) is 53.6 Å². The Morgan fingerprint density at radius 2 is 1.97 bits per heavy atom. The van der Waals surface area contributed by atoms with E-state index in [0.29, 0.717) is 18.4 Å². The number of hydrogen-bond acceptors (Lipinski definition) is 4. The van der Waals surface area contributed by atoms with Gasteiger partial charge in [0, 0.05) is 57.6 Å². The maximum absolute atomic E-state index is 12.4. The number of halogens is 1. The molecule has 2 saturated heterocycles. The van der Waals surface area contributed by atoms with Gasteiger partial charge in [0.05, 0.1) is 19.8 Å². The zero-order valence-corrected chi connectivity index (χ0v) is 21.2. The highest BCUT2D eigenvalue weighted by Crippen LogP contribution is 2.17. The number of amides is 1. The number of rotatable bonds is 9. The van der Waals surface area contributed by atoms with Crippen LogP contribution < -0.4 is 10.6 Å². The van der Waals surface area contributed by atoms with E-state index in [0.717, 1.165) is 71.4 Å². The van der Waals surface area contributed by atoms with Crippen LogP contribution in [0.1, 0.15) is 25.8 Å². The molecule has 31 heavy (non-hydrogen) atoms. The predicted octanol–water partition coefficient (Wildman–Crippen LogP) is 1.97. The zero-order chi connectivity index (χ0) is 21.2. The third kappa shape index (κ3) is 8.57. The summed E-state index contributed by atoms with van der Waals surface area (Å²) in [6.07, 6.45) is 1.53. The first-order valence-electron chi connectivity index (χ1n) is 11.3. The Balaban J connectivity index is 0.00000341. The number of nitrogens with zero attached hydrogens (tertiary/aromatic N) is 3. The number of carbonyl (C=O) groups is 1. The number of likely N-dealkylation sites (tertiary alicyclic amines) is 1. The summed E-state index contributed by atoms with van der Waals surface area (Å²) in [5, 5.41) is 6.78. The summed E-state index contributed by atoms with van der Waals surface area (Å²) in [7, 11) is 0. The van der Waals surface area contributed by atoms with E-state index in [9.17, 15) is 4.79 Å². The van der Waals surface area contributed by atoms with Crippen molar-refractivity contribution in [2.75, 3.05) is 59.0 Å². The van der Waals surface area contributed by atoms with Crippen LogP contribution in [-0.4, -0.2) is 86.7 Å². The molecule has 2 heterocycles. The van der Waals surface area contributed by atoms with Crippen molar-refractivity contribution in [3.05, 3.63) is 35.9 Å². The van der Waals surface area contributed by atoms with Gasteiger partial charge in [0.2, 0.25) is 5.91 Å². The first kappa shape index (κ1) is 25.9. The molecule has 174 valence electrons. The summed E-state index contributed by atoms with van der Waals surface area (Å²) in [6.45, 7) is 11.8. The van der Waals surface area contributed by atoms with Crippen LogP contribution in [0.15, 0.2) is 35.3 Å². The maximum Gasteiger partial charge on any atom is 0.223 e. The van der Waals surface area contributed by atoms with E-state index in [1.807, 2.05) is 11.0 Å². The largest absolute Gasteiger partial charge is 0.379 e.